The molecule has 3 heterocycles. The molecular weight excluding hydrogens is 485 g/mol. The summed E-state index contributed by atoms with van der Waals surface area (Å²) in [5.41, 5.74) is 0.576. The molecule has 37 heavy (non-hydrogen) atoms. The fraction of sp³-hybridized carbons (Fsp3) is 0.269. The van der Waals surface area contributed by atoms with Crippen LogP contribution in [-0.2, 0) is 10.9 Å². The Kier molecular flexibility index (Phi) is 10.3. The van der Waals surface area contributed by atoms with Gasteiger partial charge in [-0.05, 0) is 30.3 Å². The number of nitrogens with zero attached hydrogens (tertiary/aromatic N) is 4. The van der Waals surface area contributed by atoms with Gasteiger partial charge in [0, 0.05) is 30.6 Å². The Hall–Kier alpha value is -4.30. The van der Waals surface area contributed by atoms with Gasteiger partial charge in [0.25, 0.3) is 5.91 Å². The van der Waals surface area contributed by atoms with Crippen LogP contribution in [0.15, 0.2) is 54.9 Å². The topological polar surface area (TPSA) is 117 Å². The maximum absolute atomic E-state index is 12.9. The zero-order valence-electron chi connectivity index (χ0n) is 21.0. The average Bonchev–Trinajstić information content (AvgIpc) is 3.35. The highest BCUT2D eigenvalue weighted by atomic mass is 19.4. The number of hydrogen-bond donors (Lipinski definition) is 2. The van der Waals surface area contributed by atoms with E-state index in [4.69, 9.17) is 10.00 Å². The molecule has 0 saturated carbocycles. The number of carbonyl (C=O) groups is 1. The summed E-state index contributed by atoms with van der Waals surface area (Å²) >= 11 is 0. The third-order valence-electron chi connectivity index (χ3n) is 4.75. The van der Waals surface area contributed by atoms with Gasteiger partial charge in [0.05, 0.1) is 22.7 Å². The Morgan fingerprint density at radius 3 is 2.41 bits per heavy atom. The number of pyridine rings is 2. The highest BCUT2D eigenvalue weighted by Gasteiger charge is 2.31. The lowest BCUT2D eigenvalue weighted by Crippen LogP contribution is -2.13. The van der Waals surface area contributed by atoms with E-state index in [9.17, 15) is 18.0 Å². The number of carbonyl (C=O) groups excluding carboxylic acids is 1. The molecule has 0 saturated heterocycles. The molecule has 0 spiro atoms. The molecule has 11 heteroatoms. The second-order valence-corrected chi connectivity index (χ2v) is 6.95. The molecule has 1 aromatic carbocycles. The highest BCUT2D eigenvalue weighted by Crippen LogP contribution is 2.31. The fourth-order valence-corrected chi connectivity index (χ4v) is 3.16. The van der Waals surface area contributed by atoms with Crippen LogP contribution in [0.3, 0.4) is 0 Å². The van der Waals surface area contributed by atoms with Gasteiger partial charge in [-0.15, -0.1) is 0 Å². The summed E-state index contributed by atoms with van der Waals surface area (Å²) in [5, 5.41) is 11.6. The van der Waals surface area contributed by atoms with Gasteiger partial charge in [-0.2, -0.15) is 18.4 Å². The standard InChI is InChI=1S/C22H15F3N6O2.2C2H6/c1-33-18(20-29-16-8-15(22(23,24)25)11-28-19(16)31-20)14-5-6-17(27-10-14)30-21(32)13-4-2-3-12(7-13)9-26;2*1-2/h2-8,10-11,18H,1H3,(H,27,30,32)(H,28,29,31);2*1-2H3. The zero-order chi connectivity index (χ0) is 27.6. The molecule has 8 nitrogen and oxygen atoms in total. The third-order valence-corrected chi connectivity index (χ3v) is 4.75. The lowest BCUT2D eigenvalue weighted by atomic mass is 10.1. The van der Waals surface area contributed by atoms with E-state index in [0.29, 0.717) is 16.7 Å². The van der Waals surface area contributed by atoms with Crippen LogP contribution in [0.5, 0.6) is 0 Å². The molecule has 0 bridgehead atoms. The van der Waals surface area contributed by atoms with Crippen molar-refractivity contribution in [1.29, 1.82) is 5.26 Å². The van der Waals surface area contributed by atoms with E-state index in [1.165, 1.54) is 19.4 Å². The molecule has 0 aliphatic carbocycles. The van der Waals surface area contributed by atoms with Crippen molar-refractivity contribution >= 4 is 22.9 Å². The van der Waals surface area contributed by atoms with E-state index >= 15 is 0 Å². The number of aromatic amines is 1. The van der Waals surface area contributed by atoms with Crippen molar-refractivity contribution in [3.8, 4) is 6.07 Å². The van der Waals surface area contributed by atoms with Crippen molar-refractivity contribution in [3.63, 3.8) is 0 Å². The molecule has 1 amide bonds. The Labute approximate surface area is 212 Å². The number of H-pyrrole nitrogens is 1. The summed E-state index contributed by atoms with van der Waals surface area (Å²) in [6.45, 7) is 8.00. The summed E-state index contributed by atoms with van der Waals surface area (Å²) < 4.78 is 44.3. The van der Waals surface area contributed by atoms with Gasteiger partial charge in [0.1, 0.15) is 17.7 Å². The first-order valence-corrected chi connectivity index (χ1v) is 11.5. The van der Waals surface area contributed by atoms with Crippen molar-refractivity contribution in [3.05, 3.63) is 82.9 Å². The van der Waals surface area contributed by atoms with Crippen LogP contribution in [0.1, 0.15) is 66.7 Å². The Morgan fingerprint density at radius 2 is 1.81 bits per heavy atom. The van der Waals surface area contributed by atoms with Crippen molar-refractivity contribution < 1.29 is 22.7 Å². The van der Waals surface area contributed by atoms with Crippen LogP contribution in [0, 0.1) is 11.3 Å². The number of imidazole rings is 1. The molecule has 2 N–H and O–H groups in total. The van der Waals surface area contributed by atoms with Gasteiger partial charge in [-0.25, -0.2) is 15.0 Å². The first-order chi connectivity index (χ1) is 17.8. The van der Waals surface area contributed by atoms with Gasteiger partial charge >= 0.3 is 6.18 Å². The van der Waals surface area contributed by atoms with E-state index in [0.717, 1.165) is 12.3 Å². The predicted molar refractivity (Wildman–Crippen MR) is 134 cm³/mol. The number of methoxy groups -OCH3 is 1. The van der Waals surface area contributed by atoms with Crippen molar-refractivity contribution in [1.82, 2.24) is 19.9 Å². The van der Waals surface area contributed by atoms with Crippen LogP contribution < -0.4 is 5.32 Å². The number of halogens is 3. The van der Waals surface area contributed by atoms with Crippen LogP contribution >= 0.6 is 0 Å². The highest BCUT2D eigenvalue weighted by molar-refractivity contribution is 6.03. The van der Waals surface area contributed by atoms with Gasteiger partial charge in [-0.1, -0.05) is 39.8 Å². The third kappa shape index (κ3) is 7.11. The maximum Gasteiger partial charge on any atom is 0.417 e. The minimum absolute atomic E-state index is 0.122. The Morgan fingerprint density at radius 1 is 1.08 bits per heavy atom. The SMILES string of the molecule is CC.CC.COC(c1ccc(NC(=O)c2cccc(C#N)c2)nc1)c1nc2ncc(C(F)(F)F)cc2[nH]1. The Balaban J connectivity index is 0.00000115. The smallest absolute Gasteiger partial charge is 0.369 e. The average molecular weight is 513 g/mol. The molecule has 0 aliphatic heterocycles. The van der Waals surface area contributed by atoms with E-state index < -0.39 is 23.8 Å². The minimum atomic E-state index is -4.52. The summed E-state index contributed by atoms with van der Waals surface area (Å²) in [4.78, 5) is 27.4. The summed E-state index contributed by atoms with van der Waals surface area (Å²) in [7, 11) is 1.42. The number of alkyl halides is 3. The number of fused-ring (bicyclic) bond motifs is 1. The summed E-state index contributed by atoms with van der Waals surface area (Å²) in [5.74, 6) is 0.0905. The van der Waals surface area contributed by atoms with Crippen molar-refractivity contribution in [2.24, 2.45) is 0 Å². The van der Waals surface area contributed by atoms with Gasteiger partial charge in [0.15, 0.2) is 5.65 Å². The molecule has 0 fully saturated rings. The number of hydrogen-bond acceptors (Lipinski definition) is 6. The number of anilines is 1. The van der Waals surface area contributed by atoms with Crippen molar-refractivity contribution in [2.45, 2.75) is 40.0 Å². The number of ether oxygens (including phenoxy) is 1. The van der Waals surface area contributed by atoms with Crippen LogP contribution in [0.2, 0.25) is 0 Å². The van der Waals surface area contributed by atoms with Crippen LogP contribution in [0.4, 0.5) is 19.0 Å². The largest absolute Gasteiger partial charge is 0.417 e. The normalized spacial score (nSPS) is 11.3. The van der Waals surface area contributed by atoms with E-state index in [-0.39, 0.29) is 22.8 Å². The zero-order valence-corrected chi connectivity index (χ0v) is 21.0. The van der Waals surface area contributed by atoms with Gasteiger partial charge in [0.2, 0.25) is 0 Å². The van der Waals surface area contributed by atoms with Crippen molar-refractivity contribution in [2.75, 3.05) is 12.4 Å². The van der Waals surface area contributed by atoms with E-state index in [1.807, 2.05) is 33.8 Å². The lowest BCUT2D eigenvalue weighted by molar-refractivity contribution is -0.137. The first-order valence-electron chi connectivity index (χ1n) is 11.5. The maximum atomic E-state index is 12.9. The molecular formula is C26H27F3N6O2. The van der Waals surface area contributed by atoms with E-state index in [2.05, 4.69) is 25.3 Å². The first kappa shape index (κ1) is 28.9. The van der Waals surface area contributed by atoms with E-state index in [1.54, 1.807) is 30.3 Å². The molecule has 4 aromatic rings. The number of aromatic nitrogens is 4. The second-order valence-electron chi connectivity index (χ2n) is 6.95. The molecule has 194 valence electrons. The van der Waals surface area contributed by atoms with Crippen LogP contribution in [-0.4, -0.2) is 33.0 Å². The molecule has 4 rings (SSSR count). The number of amides is 1. The number of benzene rings is 1. The lowest BCUT2D eigenvalue weighted by Gasteiger charge is -2.13. The monoisotopic (exact) mass is 512 g/mol. The molecule has 0 aliphatic rings. The minimum Gasteiger partial charge on any atom is -0.369 e. The predicted octanol–water partition coefficient (Wildman–Crippen LogP) is 6.28. The van der Waals surface area contributed by atoms with Gasteiger partial charge < -0.3 is 15.0 Å². The Bertz CT molecular complexity index is 1360. The number of rotatable bonds is 5. The molecule has 3 aromatic heterocycles. The number of nitrogens with one attached hydrogen (secondary N) is 2. The fourth-order valence-electron chi connectivity index (χ4n) is 3.16. The van der Waals surface area contributed by atoms with Crippen LogP contribution in [0.25, 0.3) is 11.2 Å². The molecule has 1 unspecified atom stereocenters. The second kappa shape index (κ2) is 13.1. The number of nitriles is 1. The van der Waals surface area contributed by atoms with Gasteiger partial charge in [-0.3, -0.25) is 4.79 Å². The molecule has 0 radical (unpaired) electrons. The quantitative estimate of drug-likeness (QED) is 0.325. The summed E-state index contributed by atoms with van der Waals surface area (Å²) in [6.07, 6.45) is -3.09. The molecule has 1 atom stereocenters. The summed E-state index contributed by atoms with van der Waals surface area (Å²) in [6, 6.07) is 12.3.